The highest BCUT2D eigenvalue weighted by Crippen LogP contribution is 2.41. The predicted molar refractivity (Wildman–Crippen MR) is 93.5 cm³/mol. The van der Waals surface area contributed by atoms with Gasteiger partial charge in [-0.15, -0.1) is 0 Å². The Bertz CT molecular complexity index is 710. The Hall–Kier alpha value is -1.56. The Morgan fingerprint density at radius 3 is 2.48 bits per heavy atom. The van der Waals surface area contributed by atoms with Crippen LogP contribution in [0.2, 0.25) is 0 Å². The van der Waals surface area contributed by atoms with Gasteiger partial charge in [0.2, 0.25) is 5.88 Å². The van der Waals surface area contributed by atoms with Crippen molar-refractivity contribution in [3.8, 4) is 5.88 Å². The lowest BCUT2D eigenvalue weighted by atomic mass is 9.81. The summed E-state index contributed by atoms with van der Waals surface area (Å²) >= 11 is 3.28. The van der Waals surface area contributed by atoms with Crippen molar-refractivity contribution in [3.63, 3.8) is 0 Å². The molecule has 2 aromatic rings. The quantitative estimate of drug-likeness (QED) is 0.571. The Kier molecular flexibility index (Phi) is 5.67. The van der Waals surface area contributed by atoms with Crippen LogP contribution in [-0.4, -0.2) is 4.98 Å². The maximum atomic E-state index is 13.5. The summed E-state index contributed by atoms with van der Waals surface area (Å²) in [5.74, 6) is 0.390. The van der Waals surface area contributed by atoms with Gasteiger partial charge in [0.15, 0.2) is 0 Å². The highest BCUT2D eigenvalue weighted by atomic mass is 79.9. The van der Waals surface area contributed by atoms with E-state index >= 15 is 0 Å². The van der Waals surface area contributed by atoms with Gasteiger partial charge in [-0.05, 0) is 57.9 Å². The molecule has 6 heteroatoms. The van der Waals surface area contributed by atoms with Crippen molar-refractivity contribution in [2.45, 2.75) is 50.8 Å². The van der Waals surface area contributed by atoms with E-state index in [0.29, 0.717) is 17.0 Å². The molecule has 0 spiro atoms. The van der Waals surface area contributed by atoms with Crippen LogP contribution in [0.15, 0.2) is 41.0 Å². The van der Waals surface area contributed by atoms with E-state index in [1.54, 1.807) is 30.5 Å². The second-order valence-electron chi connectivity index (χ2n) is 6.36. The molecule has 1 aliphatic carbocycles. The van der Waals surface area contributed by atoms with Crippen molar-refractivity contribution >= 4 is 15.9 Å². The zero-order valence-electron chi connectivity index (χ0n) is 13.7. The van der Waals surface area contributed by atoms with Crippen molar-refractivity contribution in [3.05, 3.63) is 57.7 Å². The van der Waals surface area contributed by atoms with E-state index in [-0.39, 0.29) is 12.5 Å². The van der Waals surface area contributed by atoms with Crippen LogP contribution < -0.4 is 4.74 Å². The average Bonchev–Trinajstić information content (AvgIpc) is 2.61. The molecule has 0 atom stereocenters. The first kappa shape index (κ1) is 18.2. The molecule has 0 amide bonds. The Balaban J connectivity index is 1.79. The molecule has 1 aromatic carbocycles. The number of halogens is 4. The maximum Gasteiger partial charge on any atom is 0.416 e. The van der Waals surface area contributed by atoms with Gasteiger partial charge >= 0.3 is 6.18 Å². The molecule has 1 heterocycles. The second kappa shape index (κ2) is 7.77. The van der Waals surface area contributed by atoms with E-state index in [0.717, 1.165) is 36.6 Å². The number of rotatable bonds is 4. The predicted octanol–water partition coefficient (Wildman–Crippen LogP) is 6.49. The molecule has 1 fully saturated rings. The molecule has 0 saturated heterocycles. The summed E-state index contributed by atoms with van der Waals surface area (Å²) in [5.41, 5.74) is 0.401. The number of alkyl halides is 3. The number of pyridine rings is 1. The largest absolute Gasteiger partial charge is 0.473 e. The topological polar surface area (TPSA) is 22.1 Å². The fraction of sp³-hybridized carbons (Fsp3) is 0.421. The molecule has 25 heavy (non-hydrogen) atoms. The smallest absolute Gasteiger partial charge is 0.416 e. The SMILES string of the molecule is FC(F)(F)c1cc(COc2ccc(Br)cn2)ccc1C1CCCCC1. The fourth-order valence-electron chi connectivity index (χ4n) is 3.31. The summed E-state index contributed by atoms with van der Waals surface area (Å²) < 4.78 is 46.9. The molecular weight excluding hydrogens is 395 g/mol. The Labute approximate surface area is 153 Å². The summed E-state index contributed by atoms with van der Waals surface area (Å²) in [5, 5.41) is 0. The lowest BCUT2D eigenvalue weighted by Crippen LogP contribution is -2.15. The number of hydrogen-bond acceptors (Lipinski definition) is 2. The van der Waals surface area contributed by atoms with E-state index in [4.69, 9.17) is 4.74 Å². The van der Waals surface area contributed by atoms with Gasteiger partial charge in [0.1, 0.15) is 6.61 Å². The molecule has 134 valence electrons. The Morgan fingerprint density at radius 1 is 1.08 bits per heavy atom. The first-order valence-corrected chi connectivity index (χ1v) is 9.17. The molecule has 0 aliphatic heterocycles. The van der Waals surface area contributed by atoms with Gasteiger partial charge in [-0.25, -0.2) is 4.98 Å². The van der Waals surface area contributed by atoms with Gasteiger partial charge in [0, 0.05) is 16.7 Å². The minimum absolute atomic E-state index is 0.00786. The molecule has 1 aromatic heterocycles. The average molecular weight is 414 g/mol. The van der Waals surface area contributed by atoms with Crippen molar-refractivity contribution in [1.82, 2.24) is 4.98 Å². The molecule has 3 rings (SSSR count). The molecular formula is C19H19BrF3NO. The normalized spacial score (nSPS) is 16.0. The van der Waals surface area contributed by atoms with E-state index in [1.165, 1.54) is 6.07 Å². The highest BCUT2D eigenvalue weighted by molar-refractivity contribution is 9.10. The molecule has 1 saturated carbocycles. The minimum Gasteiger partial charge on any atom is -0.473 e. The number of aromatic nitrogens is 1. The zero-order valence-corrected chi connectivity index (χ0v) is 15.2. The lowest BCUT2D eigenvalue weighted by Gasteiger charge is -2.25. The summed E-state index contributed by atoms with van der Waals surface area (Å²) in [6.45, 7) is 0.0582. The van der Waals surface area contributed by atoms with Crippen LogP contribution >= 0.6 is 15.9 Å². The van der Waals surface area contributed by atoms with E-state index in [1.807, 2.05) is 0 Å². The van der Waals surface area contributed by atoms with Gasteiger partial charge in [-0.1, -0.05) is 31.4 Å². The third kappa shape index (κ3) is 4.75. The maximum absolute atomic E-state index is 13.5. The molecule has 0 unspecified atom stereocenters. The highest BCUT2D eigenvalue weighted by Gasteiger charge is 2.35. The number of hydrogen-bond donors (Lipinski definition) is 0. The number of nitrogens with zero attached hydrogens (tertiary/aromatic N) is 1. The van der Waals surface area contributed by atoms with E-state index in [2.05, 4.69) is 20.9 Å². The number of ether oxygens (including phenoxy) is 1. The summed E-state index contributed by atoms with van der Waals surface area (Å²) in [6.07, 6.45) is 2.03. The van der Waals surface area contributed by atoms with Crippen LogP contribution in [0.1, 0.15) is 54.7 Å². The van der Waals surface area contributed by atoms with E-state index < -0.39 is 11.7 Å². The van der Waals surface area contributed by atoms with E-state index in [9.17, 15) is 13.2 Å². The van der Waals surface area contributed by atoms with Crippen LogP contribution in [0.4, 0.5) is 13.2 Å². The molecule has 2 nitrogen and oxygen atoms in total. The van der Waals surface area contributed by atoms with Crippen molar-refractivity contribution in [2.75, 3.05) is 0 Å². The van der Waals surface area contributed by atoms with Crippen molar-refractivity contribution in [1.29, 1.82) is 0 Å². The molecule has 0 bridgehead atoms. The Morgan fingerprint density at radius 2 is 1.84 bits per heavy atom. The minimum atomic E-state index is -4.35. The van der Waals surface area contributed by atoms with Crippen LogP contribution in [0.5, 0.6) is 5.88 Å². The fourth-order valence-corrected chi connectivity index (χ4v) is 3.55. The summed E-state index contributed by atoms with van der Waals surface area (Å²) in [7, 11) is 0. The van der Waals surface area contributed by atoms with Crippen molar-refractivity contribution in [2.24, 2.45) is 0 Å². The van der Waals surface area contributed by atoms with Crippen LogP contribution in [0.25, 0.3) is 0 Å². The molecule has 0 radical (unpaired) electrons. The molecule has 0 N–H and O–H groups in total. The summed E-state index contributed by atoms with van der Waals surface area (Å²) in [4.78, 5) is 4.06. The van der Waals surface area contributed by atoms with Crippen LogP contribution in [0.3, 0.4) is 0 Å². The van der Waals surface area contributed by atoms with Gasteiger partial charge in [-0.3, -0.25) is 0 Å². The van der Waals surface area contributed by atoms with Gasteiger partial charge < -0.3 is 4.74 Å². The van der Waals surface area contributed by atoms with Gasteiger partial charge in [-0.2, -0.15) is 13.2 Å². The third-order valence-corrected chi connectivity index (χ3v) is 5.02. The lowest BCUT2D eigenvalue weighted by molar-refractivity contribution is -0.138. The summed E-state index contributed by atoms with van der Waals surface area (Å²) in [6, 6.07) is 8.04. The first-order valence-electron chi connectivity index (χ1n) is 8.38. The van der Waals surface area contributed by atoms with Crippen molar-refractivity contribution < 1.29 is 17.9 Å². The van der Waals surface area contributed by atoms with Crippen LogP contribution in [0, 0.1) is 0 Å². The number of benzene rings is 1. The van der Waals surface area contributed by atoms with Gasteiger partial charge in [0.25, 0.3) is 0 Å². The van der Waals surface area contributed by atoms with Gasteiger partial charge in [0.05, 0.1) is 5.56 Å². The molecule has 1 aliphatic rings. The monoisotopic (exact) mass is 413 g/mol. The third-order valence-electron chi connectivity index (χ3n) is 4.56. The van der Waals surface area contributed by atoms with Crippen LogP contribution in [-0.2, 0) is 12.8 Å². The standard InChI is InChI=1S/C19H19BrF3NO/c20-15-7-9-18(24-11-15)25-12-13-6-8-16(14-4-2-1-3-5-14)17(10-13)19(21,22)23/h6-11,14H,1-5,12H2. The second-order valence-corrected chi connectivity index (χ2v) is 7.27. The first-order chi connectivity index (χ1) is 11.9. The zero-order chi connectivity index (χ0) is 17.9.